The maximum atomic E-state index is 7.10. The monoisotopic (exact) mass is 836 g/mol. The normalized spacial score (nSPS) is 14.5. The third-order valence-electron chi connectivity index (χ3n) is 14.5. The molecule has 302 valence electrons. The topological polar surface area (TPSA) is 19.6 Å². The first-order valence-corrected chi connectivity index (χ1v) is 23.2. The van der Waals surface area contributed by atoms with Crippen molar-refractivity contribution in [3.63, 3.8) is 0 Å². The lowest BCUT2D eigenvalue weighted by Gasteiger charge is -2.52. The summed E-state index contributed by atoms with van der Waals surface area (Å²) in [6, 6.07) is 72.7. The highest BCUT2D eigenvalue weighted by Crippen LogP contribution is 2.61. The van der Waals surface area contributed by atoms with E-state index in [0.717, 1.165) is 38.9 Å². The van der Waals surface area contributed by atoms with Gasteiger partial charge in [0.1, 0.15) is 11.2 Å². The fourth-order valence-corrected chi connectivity index (χ4v) is 13.0. The Morgan fingerprint density at radius 3 is 1.97 bits per heavy atom. The minimum Gasteiger partial charge on any atom is -0.455 e. The number of rotatable bonds is 3. The van der Waals surface area contributed by atoms with Gasteiger partial charge in [0.15, 0.2) is 0 Å². The highest BCUT2D eigenvalue weighted by molar-refractivity contribution is 7.26. The van der Waals surface area contributed by atoms with E-state index in [-0.39, 0.29) is 12.3 Å². The van der Waals surface area contributed by atoms with Crippen molar-refractivity contribution in [3.8, 4) is 11.1 Å². The lowest BCUT2D eigenvalue weighted by atomic mass is 9.42. The van der Waals surface area contributed by atoms with Gasteiger partial charge in [0, 0.05) is 64.8 Å². The van der Waals surface area contributed by atoms with Crippen LogP contribution in [0.5, 0.6) is 0 Å². The summed E-state index contributed by atoms with van der Waals surface area (Å²) >= 11 is 1.91. The van der Waals surface area contributed by atoms with E-state index in [1.165, 1.54) is 81.5 Å². The predicted molar refractivity (Wildman–Crippen MR) is 271 cm³/mol. The lowest BCUT2D eigenvalue weighted by Crippen LogP contribution is -2.62. The molecule has 3 aliphatic rings. The third kappa shape index (κ3) is 4.62. The van der Waals surface area contributed by atoms with Gasteiger partial charge in [0.2, 0.25) is 0 Å². The van der Waals surface area contributed by atoms with Crippen LogP contribution < -0.4 is 20.6 Å². The van der Waals surface area contributed by atoms with Crippen LogP contribution in [0.1, 0.15) is 48.6 Å². The van der Waals surface area contributed by atoms with Gasteiger partial charge in [-0.3, -0.25) is 0 Å². The summed E-state index contributed by atoms with van der Waals surface area (Å²) in [6.07, 6.45) is 0. The predicted octanol–water partition coefficient (Wildman–Crippen LogP) is 14.7. The van der Waals surface area contributed by atoms with E-state index < -0.39 is 5.41 Å². The van der Waals surface area contributed by atoms with Crippen molar-refractivity contribution in [2.75, 3.05) is 9.71 Å². The Morgan fingerprint density at radius 2 is 1.20 bits per heavy atom. The first-order valence-electron chi connectivity index (χ1n) is 22.4. The molecule has 5 heterocycles. The van der Waals surface area contributed by atoms with Crippen LogP contribution in [0, 0.1) is 0 Å². The zero-order valence-corrected chi connectivity index (χ0v) is 36.6. The molecular formula is C59H41BN2OS. The molecule has 0 amide bonds. The summed E-state index contributed by atoms with van der Waals surface area (Å²) < 4.78 is 9.69. The second-order valence-electron chi connectivity index (χ2n) is 18.7. The Hall–Kier alpha value is -7.34. The van der Waals surface area contributed by atoms with Gasteiger partial charge >= 0.3 is 6.85 Å². The number of hydrogen-bond acceptors (Lipinski definition) is 4. The number of para-hydroxylation sites is 3. The van der Waals surface area contributed by atoms with Gasteiger partial charge in [-0.2, -0.15) is 0 Å². The molecule has 64 heavy (non-hydrogen) atoms. The van der Waals surface area contributed by atoms with Crippen LogP contribution in [-0.2, 0) is 10.8 Å². The first kappa shape index (κ1) is 36.2. The average molecular weight is 837 g/mol. The quantitative estimate of drug-likeness (QED) is 0.165. The third-order valence-corrected chi connectivity index (χ3v) is 15.7. The molecule has 0 atom stereocenters. The summed E-state index contributed by atoms with van der Waals surface area (Å²) in [6.45, 7) is 6.73. The molecule has 0 saturated heterocycles. The molecule has 0 spiro atoms. The second-order valence-corrected chi connectivity index (χ2v) is 19.8. The van der Waals surface area contributed by atoms with Crippen molar-refractivity contribution < 1.29 is 4.42 Å². The summed E-state index contributed by atoms with van der Waals surface area (Å²) in [5.41, 5.74) is 18.6. The van der Waals surface area contributed by atoms with E-state index in [9.17, 15) is 0 Å². The number of hydrogen-bond donors (Lipinski definition) is 0. The van der Waals surface area contributed by atoms with Crippen LogP contribution >= 0.6 is 11.3 Å². The zero-order chi connectivity index (χ0) is 42.5. The molecule has 3 nitrogen and oxygen atoms in total. The molecule has 9 aromatic carbocycles. The van der Waals surface area contributed by atoms with E-state index in [4.69, 9.17) is 4.42 Å². The van der Waals surface area contributed by atoms with Gasteiger partial charge in [-0.1, -0.05) is 166 Å². The van der Waals surface area contributed by atoms with Crippen LogP contribution in [-0.4, -0.2) is 6.85 Å². The van der Waals surface area contributed by atoms with Crippen LogP contribution in [0.25, 0.3) is 53.2 Å². The summed E-state index contributed by atoms with van der Waals surface area (Å²) in [4.78, 5) is 5.27. The van der Waals surface area contributed by atoms with E-state index in [2.05, 4.69) is 225 Å². The van der Waals surface area contributed by atoms with E-state index in [0.29, 0.717) is 0 Å². The standard InChI is InChI=1S/C59H41BN2OS/c1-58(2,3)36-29-31-39(32-30-36)62-48-34-33-42-40-21-10-14-27-50(40)63-56(42)52(48)53-54-49(35-43-41-22-11-15-28-51(41)64-57(43)53)61-47-26-13-12-23-44(47)59(37-17-6-4-7-18-37,38-19-8-5-9-20-38)45-24-16-25-46(55(45)61)60(54)62/h4-35H,1-3H3. The van der Waals surface area contributed by atoms with E-state index in [1.807, 2.05) is 11.3 Å². The molecule has 0 N–H and O–H groups in total. The first-order chi connectivity index (χ1) is 31.4. The summed E-state index contributed by atoms with van der Waals surface area (Å²) in [7, 11) is 0. The van der Waals surface area contributed by atoms with Gasteiger partial charge in [-0.05, 0) is 92.7 Å². The molecular weight excluding hydrogens is 796 g/mol. The highest BCUT2D eigenvalue weighted by atomic mass is 32.1. The molecule has 14 rings (SSSR count). The Bertz CT molecular complexity index is 3690. The fraction of sp³-hybridized carbons (Fsp3) is 0.0847. The molecule has 0 bridgehead atoms. The maximum absolute atomic E-state index is 7.10. The molecule has 5 heteroatoms. The Kier molecular flexibility index (Phi) is 7.28. The molecule has 11 aromatic rings. The number of furan rings is 1. The van der Waals surface area contributed by atoms with Gasteiger partial charge in [0.25, 0.3) is 0 Å². The van der Waals surface area contributed by atoms with Crippen LogP contribution in [0.2, 0.25) is 0 Å². The molecule has 2 aromatic heterocycles. The molecule has 0 aliphatic carbocycles. The second kappa shape index (κ2) is 12.9. The van der Waals surface area contributed by atoms with Gasteiger partial charge < -0.3 is 14.1 Å². The number of thiophene rings is 1. The minimum absolute atomic E-state index is 0.0147. The van der Waals surface area contributed by atoms with Crippen molar-refractivity contribution >= 4 is 99.7 Å². The van der Waals surface area contributed by atoms with Crippen molar-refractivity contribution in [3.05, 3.63) is 222 Å². The fourth-order valence-electron chi connectivity index (χ4n) is 11.8. The largest absolute Gasteiger partial charge is 0.455 e. The van der Waals surface area contributed by atoms with E-state index in [1.54, 1.807) is 0 Å². The summed E-state index contributed by atoms with van der Waals surface area (Å²) in [5, 5.41) is 4.83. The Balaban J connectivity index is 1.19. The number of anilines is 5. The van der Waals surface area contributed by atoms with Crippen LogP contribution in [0.3, 0.4) is 0 Å². The molecule has 0 unspecified atom stereocenters. The Labute approximate surface area is 376 Å². The number of nitrogens with zero attached hydrogens (tertiary/aromatic N) is 2. The Morgan fingerprint density at radius 1 is 0.531 bits per heavy atom. The number of benzene rings is 9. The van der Waals surface area contributed by atoms with E-state index >= 15 is 0 Å². The molecule has 0 fully saturated rings. The van der Waals surface area contributed by atoms with Gasteiger partial charge in [-0.25, -0.2) is 0 Å². The van der Waals surface area contributed by atoms with Crippen molar-refractivity contribution in [1.29, 1.82) is 0 Å². The molecule has 0 saturated carbocycles. The SMILES string of the molecule is CC(C)(C)c1ccc(N2B3c4cccc5c4N(c4ccccc4C5(c4ccccc4)c4ccccc4)c4cc5c(sc6ccccc65)c(c43)-c3c2ccc2c3oc3ccccc32)cc1. The van der Waals surface area contributed by atoms with Crippen molar-refractivity contribution in [1.82, 2.24) is 0 Å². The summed E-state index contributed by atoms with van der Waals surface area (Å²) in [5.74, 6) is 0. The number of fused-ring (bicyclic) bond motifs is 14. The van der Waals surface area contributed by atoms with Gasteiger partial charge in [0.05, 0.1) is 11.1 Å². The van der Waals surface area contributed by atoms with Crippen molar-refractivity contribution in [2.45, 2.75) is 31.6 Å². The smallest absolute Gasteiger partial charge is 0.333 e. The van der Waals surface area contributed by atoms with Crippen molar-refractivity contribution in [2.24, 2.45) is 0 Å². The van der Waals surface area contributed by atoms with Gasteiger partial charge in [-0.15, -0.1) is 11.3 Å². The van der Waals surface area contributed by atoms with Crippen LogP contribution in [0.4, 0.5) is 28.4 Å². The maximum Gasteiger partial charge on any atom is 0.333 e. The zero-order valence-electron chi connectivity index (χ0n) is 35.8. The van der Waals surface area contributed by atoms with Crippen LogP contribution in [0.15, 0.2) is 199 Å². The minimum atomic E-state index is -0.591. The average Bonchev–Trinajstić information content (AvgIpc) is 3.91. The molecule has 3 aliphatic heterocycles. The highest BCUT2D eigenvalue weighted by Gasteiger charge is 2.53. The molecule has 0 radical (unpaired) electrons. The lowest BCUT2D eigenvalue weighted by molar-refractivity contribution is 0.590.